The van der Waals surface area contributed by atoms with Crippen LogP contribution in [-0.4, -0.2) is 88.7 Å². The Morgan fingerprint density at radius 1 is 0.486 bits per heavy atom. The number of primary amides is 1. The molecular weight excluding hydrogens is 887 g/mol. The van der Waals surface area contributed by atoms with Gasteiger partial charge in [-0.15, -0.1) is 0 Å². The summed E-state index contributed by atoms with van der Waals surface area (Å²) in [5.74, 6) is -3.18. The Kier molecular flexibility index (Phi) is 25.2. The van der Waals surface area contributed by atoms with Gasteiger partial charge in [-0.05, 0) is 55.4 Å². The van der Waals surface area contributed by atoms with Crippen LogP contribution in [0.1, 0.15) is 146 Å². The van der Waals surface area contributed by atoms with Gasteiger partial charge in [0, 0.05) is 66.6 Å². The van der Waals surface area contributed by atoms with Crippen LogP contribution < -0.4 is 49.9 Å². The third-order valence-corrected chi connectivity index (χ3v) is 12.7. The van der Waals surface area contributed by atoms with E-state index in [1.807, 2.05) is 48.5 Å². The van der Waals surface area contributed by atoms with Crippen molar-refractivity contribution in [3.05, 3.63) is 72.1 Å². The largest absolute Gasteiger partial charge is 0.370 e. The van der Waals surface area contributed by atoms with Gasteiger partial charge in [-0.2, -0.15) is 0 Å². The van der Waals surface area contributed by atoms with Crippen molar-refractivity contribution in [2.45, 2.75) is 172 Å². The van der Waals surface area contributed by atoms with Crippen molar-refractivity contribution in [2.24, 2.45) is 38.7 Å². The topological polar surface area (TPSA) is 320 Å². The van der Waals surface area contributed by atoms with Crippen LogP contribution in [-0.2, 0) is 36.8 Å². The summed E-state index contributed by atoms with van der Waals surface area (Å²) in [5, 5.41) is 13.1. The predicted octanol–water partition coefficient (Wildman–Crippen LogP) is 5.23. The zero-order valence-corrected chi connectivity index (χ0v) is 41.4. The van der Waals surface area contributed by atoms with Gasteiger partial charge in [0.25, 0.3) is 0 Å². The normalized spacial score (nSPS) is 12.9. The summed E-state index contributed by atoms with van der Waals surface area (Å²) < 4.78 is 0. The number of amides is 5. The average Bonchev–Trinajstić information content (AvgIpc) is 3.95. The summed E-state index contributed by atoms with van der Waals surface area (Å²) in [5.41, 5.74) is 31.3. The number of benzene rings is 2. The number of fused-ring (bicyclic) bond motifs is 2. The molecule has 0 aliphatic carbocycles. The molecule has 0 aliphatic rings. The Balaban J connectivity index is 1.44. The Morgan fingerprint density at radius 2 is 0.871 bits per heavy atom. The van der Waals surface area contributed by atoms with Crippen LogP contribution in [0.5, 0.6) is 0 Å². The standard InChI is InChI=1S/C52H81N13O5/c1-2-3-4-5-6-7-8-9-10-11-12-13-14-15-16-29-46(66)62-42(27-21-30-58-51(54)55)48(68)65-45(33-37-35-61-41-26-20-18-24-39(37)41)50(70)63-43(28-22-31-59-52(56)57)49(69)64-44(47(53)67)32-36-34-60-40-25-19-17-23-38(36)40/h17-20,23-26,34-35,42-45,60-61H,2-16,21-22,27-33H2,1H3,(H2,53,67)(H,62,66)(H,63,70)(H,64,69)(H,65,68)(H4,54,55,58)(H4,56,57,59)/t42-,43-,44-,45-/m0/s1. The number of aliphatic imine (C=N–C) groups is 2. The number of hydrogen-bond donors (Lipinski definition) is 11. The number of carbonyl (C=O) groups excluding carboxylic acids is 5. The van der Waals surface area contributed by atoms with Crippen LogP contribution in [0.4, 0.5) is 0 Å². The smallest absolute Gasteiger partial charge is 0.243 e. The number of hydrogen-bond acceptors (Lipinski definition) is 7. The van der Waals surface area contributed by atoms with Gasteiger partial charge in [0.15, 0.2) is 11.9 Å². The van der Waals surface area contributed by atoms with Gasteiger partial charge in [0.1, 0.15) is 24.2 Å². The zero-order valence-electron chi connectivity index (χ0n) is 41.4. The van der Waals surface area contributed by atoms with E-state index in [1.54, 1.807) is 12.4 Å². The van der Waals surface area contributed by atoms with E-state index in [-0.39, 0.29) is 69.4 Å². The molecule has 18 nitrogen and oxygen atoms in total. The number of aromatic nitrogens is 2. The van der Waals surface area contributed by atoms with Crippen LogP contribution in [0, 0.1) is 0 Å². The average molecular weight is 968 g/mol. The number of nitrogens with one attached hydrogen (secondary N) is 6. The summed E-state index contributed by atoms with van der Waals surface area (Å²) in [6.07, 6.45) is 22.9. The van der Waals surface area contributed by atoms with Crippen molar-refractivity contribution in [3.8, 4) is 0 Å². The summed E-state index contributed by atoms with van der Waals surface area (Å²) in [4.78, 5) is 83.7. The van der Waals surface area contributed by atoms with Crippen molar-refractivity contribution >= 4 is 63.3 Å². The third kappa shape index (κ3) is 20.6. The lowest BCUT2D eigenvalue weighted by Gasteiger charge is -2.26. The quantitative estimate of drug-likeness (QED) is 0.0161. The molecule has 0 saturated carbocycles. The second-order valence-corrected chi connectivity index (χ2v) is 18.4. The van der Waals surface area contributed by atoms with Crippen LogP contribution in [0.3, 0.4) is 0 Å². The molecule has 5 amide bonds. The van der Waals surface area contributed by atoms with Crippen LogP contribution >= 0.6 is 0 Å². The molecule has 4 aromatic rings. The zero-order chi connectivity index (χ0) is 50.5. The van der Waals surface area contributed by atoms with E-state index in [0.717, 1.165) is 52.2 Å². The van der Waals surface area contributed by atoms with Gasteiger partial charge >= 0.3 is 0 Å². The van der Waals surface area contributed by atoms with Crippen LogP contribution in [0.2, 0.25) is 0 Å². The molecule has 70 heavy (non-hydrogen) atoms. The fraction of sp³-hybridized carbons (Fsp3) is 0.558. The first-order chi connectivity index (χ1) is 33.9. The van der Waals surface area contributed by atoms with Gasteiger partial charge in [-0.1, -0.05) is 133 Å². The molecule has 0 aliphatic heterocycles. The summed E-state index contributed by atoms with van der Waals surface area (Å²) in [6, 6.07) is 10.6. The molecule has 4 rings (SSSR count). The fourth-order valence-electron chi connectivity index (χ4n) is 8.76. The molecule has 4 atom stereocenters. The van der Waals surface area contributed by atoms with E-state index >= 15 is 0 Å². The molecule has 2 aromatic carbocycles. The van der Waals surface area contributed by atoms with E-state index in [2.05, 4.69) is 48.1 Å². The van der Waals surface area contributed by atoms with Gasteiger partial charge in [0.2, 0.25) is 29.5 Å². The number of aromatic amines is 2. The van der Waals surface area contributed by atoms with E-state index in [1.165, 1.54) is 70.6 Å². The number of guanidine groups is 2. The van der Waals surface area contributed by atoms with E-state index in [9.17, 15) is 24.0 Å². The number of unbranched alkanes of at least 4 members (excludes halogenated alkanes) is 14. The minimum absolute atomic E-state index is 0.0300. The van der Waals surface area contributed by atoms with Gasteiger partial charge in [-0.25, -0.2) is 0 Å². The van der Waals surface area contributed by atoms with Crippen molar-refractivity contribution in [1.29, 1.82) is 0 Å². The lowest BCUT2D eigenvalue weighted by atomic mass is 10.0. The number of H-pyrrole nitrogens is 2. The highest BCUT2D eigenvalue weighted by molar-refractivity contribution is 5.96. The van der Waals surface area contributed by atoms with Crippen molar-refractivity contribution in [1.82, 2.24) is 31.2 Å². The highest BCUT2D eigenvalue weighted by Gasteiger charge is 2.32. The lowest BCUT2D eigenvalue weighted by molar-refractivity contribution is -0.134. The first-order valence-electron chi connectivity index (χ1n) is 25.6. The Labute approximate surface area is 413 Å². The molecule has 0 unspecified atom stereocenters. The van der Waals surface area contributed by atoms with Gasteiger partial charge in [-0.3, -0.25) is 34.0 Å². The predicted molar refractivity (Wildman–Crippen MR) is 280 cm³/mol. The minimum Gasteiger partial charge on any atom is -0.370 e. The molecule has 0 saturated heterocycles. The molecule has 2 aromatic heterocycles. The van der Waals surface area contributed by atoms with Crippen molar-refractivity contribution in [3.63, 3.8) is 0 Å². The summed E-state index contributed by atoms with van der Waals surface area (Å²) in [6.45, 7) is 2.63. The molecular formula is C52H81N13O5. The molecule has 18 heteroatoms. The number of rotatable bonds is 36. The Bertz CT molecular complexity index is 2280. The van der Waals surface area contributed by atoms with Crippen molar-refractivity contribution in [2.75, 3.05) is 13.1 Å². The highest BCUT2D eigenvalue weighted by atomic mass is 16.2. The second-order valence-electron chi connectivity index (χ2n) is 18.4. The monoisotopic (exact) mass is 968 g/mol. The van der Waals surface area contributed by atoms with Gasteiger partial charge in [0.05, 0.1) is 0 Å². The number of carbonyl (C=O) groups is 5. The van der Waals surface area contributed by atoms with E-state index in [4.69, 9.17) is 28.7 Å². The maximum atomic E-state index is 14.6. The molecule has 2 heterocycles. The SMILES string of the molecule is CCCCCCCCCCCCCCCCCC(=O)N[C@@H](CCCN=C(N)N)C(=O)N[C@@H](Cc1c[nH]c2ccccc12)C(=O)N[C@@H](CCCN=C(N)N)C(=O)N[C@@H](Cc1c[nH]c2ccccc12)C(N)=O. The van der Waals surface area contributed by atoms with Crippen molar-refractivity contribution < 1.29 is 24.0 Å². The first kappa shape index (κ1) is 56.0. The highest BCUT2D eigenvalue weighted by Crippen LogP contribution is 2.21. The molecule has 0 bridgehead atoms. The Hall–Kier alpha value is -6.59. The fourth-order valence-corrected chi connectivity index (χ4v) is 8.76. The maximum Gasteiger partial charge on any atom is 0.243 e. The summed E-state index contributed by atoms with van der Waals surface area (Å²) in [7, 11) is 0. The minimum atomic E-state index is -1.22. The lowest BCUT2D eigenvalue weighted by Crippen LogP contribution is -2.58. The second kappa shape index (κ2) is 31.5. The van der Waals surface area contributed by atoms with Gasteiger partial charge < -0.3 is 59.9 Å². The van der Waals surface area contributed by atoms with Crippen LogP contribution in [0.25, 0.3) is 21.8 Å². The third-order valence-electron chi connectivity index (χ3n) is 12.7. The number of nitrogens with zero attached hydrogens (tertiary/aromatic N) is 2. The Morgan fingerprint density at radius 3 is 1.33 bits per heavy atom. The molecule has 16 N–H and O–H groups in total. The van der Waals surface area contributed by atoms with E-state index < -0.39 is 47.8 Å². The summed E-state index contributed by atoms with van der Waals surface area (Å²) >= 11 is 0. The molecule has 0 radical (unpaired) electrons. The molecule has 0 fully saturated rings. The number of nitrogens with two attached hydrogens (primary N) is 5. The first-order valence-corrected chi connectivity index (χ1v) is 25.6. The van der Waals surface area contributed by atoms with Crippen LogP contribution in [0.15, 0.2) is 70.9 Å². The number of para-hydroxylation sites is 2. The molecule has 384 valence electrons. The van der Waals surface area contributed by atoms with E-state index in [0.29, 0.717) is 12.8 Å². The maximum absolute atomic E-state index is 14.6. The molecule has 0 spiro atoms.